The maximum atomic E-state index is 11.9. The first kappa shape index (κ1) is 26.5. The molecule has 184 valence electrons. The highest BCUT2D eigenvalue weighted by Gasteiger charge is 2.21. The summed E-state index contributed by atoms with van der Waals surface area (Å²) in [5, 5.41) is 3.82. The second kappa shape index (κ2) is 12.6. The van der Waals surface area contributed by atoms with Crippen molar-refractivity contribution in [3.63, 3.8) is 0 Å². The lowest BCUT2D eigenvalue weighted by Gasteiger charge is -2.22. The number of nitrogens with one attached hydrogen (secondary N) is 1. The van der Waals surface area contributed by atoms with E-state index in [1.807, 2.05) is 48.5 Å². The molecule has 0 radical (unpaired) electrons. The van der Waals surface area contributed by atoms with Gasteiger partial charge in [0, 0.05) is 26.8 Å². The summed E-state index contributed by atoms with van der Waals surface area (Å²) in [5.41, 5.74) is 3.06. The van der Waals surface area contributed by atoms with Crippen LogP contribution in [0, 0.1) is 0 Å². The zero-order chi connectivity index (χ0) is 25.4. The topological polar surface area (TPSA) is 78.4 Å². The van der Waals surface area contributed by atoms with E-state index in [-0.39, 0.29) is 12.5 Å². The van der Waals surface area contributed by atoms with E-state index in [1.54, 1.807) is 33.6 Å². The average Bonchev–Trinajstić information content (AvgIpc) is 2.88. The van der Waals surface area contributed by atoms with Crippen molar-refractivity contribution in [1.29, 1.82) is 0 Å². The number of hydrogen-bond acceptors (Lipinski definition) is 7. The summed E-state index contributed by atoms with van der Waals surface area (Å²) in [4.78, 5) is 16.7. The van der Waals surface area contributed by atoms with Crippen LogP contribution in [0.15, 0.2) is 64.1 Å². The number of ether oxygens (including phenoxy) is 4. The number of carbonyl (C=O) groups is 1. The molecule has 35 heavy (non-hydrogen) atoms. The summed E-state index contributed by atoms with van der Waals surface area (Å²) in [6.07, 6.45) is 1.71. The quantitative estimate of drug-likeness (QED) is 0.252. The van der Waals surface area contributed by atoms with E-state index in [4.69, 9.17) is 35.5 Å². The number of rotatable bonds is 10. The molecule has 1 N–H and O–H groups in total. The molecular weight excluding hydrogens is 536 g/mol. The van der Waals surface area contributed by atoms with Gasteiger partial charge in [-0.1, -0.05) is 45.7 Å². The zero-order valence-corrected chi connectivity index (χ0v) is 22.1. The monoisotopic (exact) mass is 560 g/mol. The molecule has 0 aliphatic heterocycles. The van der Waals surface area contributed by atoms with E-state index in [2.05, 4.69) is 21.2 Å². The Hall–Kier alpha value is -3.07. The van der Waals surface area contributed by atoms with Crippen LogP contribution < -0.4 is 19.5 Å². The van der Waals surface area contributed by atoms with Crippen molar-refractivity contribution in [1.82, 2.24) is 5.32 Å². The minimum atomic E-state index is -0.424. The van der Waals surface area contributed by atoms with Gasteiger partial charge in [0.25, 0.3) is 0 Å². The highest BCUT2D eigenvalue weighted by atomic mass is 79.9. The second-order valence-electron chi connectivity index (χ2n) is 7.33. The number of benzene rings is 3. The summed E-state index contributed by atoms with van der Waals surface area (Å²) >= 11 is 10.1. The van der Waals surface area contributed by atoms with Crippen LogP contribution in [0.4, 0.5) is 5.69 Å². The molecule has 0 amide bonds. The summed E-state index contributed by atoms with van der Waals surface area (Å²) < 4.78 is 22.0. The number of nitrogens with zero attached hydrogens (tertiary/aromatic N) is 1. The molecule has 7 nitrogen and oxygen atoms in total. The van der Waals surface area contributed by atoms with E-state index in [1.165, 1.54) is 7.11 Å². The van der Waals surface area contributed by atoms with Crippen molar-refractivity contribution >= 4 is 45.4 Å². The van der Waals surface area contributed by atoms with E-state index in [0.29, 0.717) is 28.0 Å². The molecule has 0 spiro atoms. The predicted molar refractivity (Wildman–Crippen MR) is 141 cm³/mol. The Kier molecular flexibility index (Phi) is 9.54. The SMILES string of the molecule is COC(=O)CN[C@H](c1ccccc1Cl)c1cc(Br)ccc1N=Cc1cc(OC)c(OC)c(OC)c1. The van der Waals surface area contributed by atoms with Crippen LogP contribution in [0.25, 0.3) is 0 Å². The average molecular weight is 562 g/mol. The Labute approximate surface area is 218 Å². The maximum absolute atomic E-state index is 11.9. The van der Waals surface area contributed by atoms with Gasteiger partial charge in [-0.05, 0) is 42.0 Å². The summed E-state index contributed by atoms with van der Waals surface area (Å²) in [5.74, 6) is 1.16. The molecule has 0 aliphatic rings. The molecule has 9 heteroatoms. The Morgan fingerprint density at radius 1 is 1.00 bits per heavy atom. The minimum absolute atomic E-state index is 0.00502. The molecule has 0 aliphatic carbocycles. The van der Waals surface area contributed by atoms with Crippen LogP contribution in [0.5, 0.6) is 17.2 Å². The molecule has 0 bridgehead atoms. The highest BCUT2D eigenvalue weighted by molar-refractivity contribution is 9.10. The van der Waals surface area contributed by atoms with Gasteiger partial charge < -0.3 is 18.9 Å². The molecule has 0 saturated heterocycles. The summed E-state index contributed by atoms with van der Waals surface area (Å²) in [6.45, 7) is -0.00502. The van der Waals surface area contributed by atoms with Crippen LogP contribution in [-0.4, -0.2) is 47.2 Å². The van der Waals surface area contributed by atoms with Crippen molar-refractivity contribution in [3.05, 3.63) is 80.8 Å². The summed E-state index contributed by atoms with van der Waals surface area (Å²) in [6, 6.07) is 16.4. The second-order valence-corrected chi connectivity index (χ2v) is 8.65. The zero-order valence-electron chi connectivity index (χ0n) is 19.8. The number of carbonyl (C=O) groups excluding carboxylic acids is 1. The van der Waals surface area contributed by atoms with Gasteiger partial charge in [-0.15, -0.1) is 0 Å². The van der Waals surface area contributed by atoms with E-state index < -0.39 is 6.04 Å². The van der Waals surface area contributed by atoms with Crippen LogP contribution in [0.1, 0.15) is 22.7 Å². The van der Waals surface area contributed by atoms with Crippen LogP contribution in [-0.2, 0) is 9.53 Å². The number of halogens is 2. The standard InChI is InChI=1S/C26H26BrClN2O5/c1-32-22-11-16(12-23(33-2)26(22)35-4)14-29-21-10-9-17(27)13-19(21)25(30-15-24(31)34-3)18-7-5-6-8-20(18)28/h5-14,25,30H,15H2,1-4H3/t25-/m1/s1. The van der Waals surface area contributed by atoms with E-state index in [0.717, 1.165) is 21.2 Å². The van der Waals surface area contributed by atoms with Crippen molar-refractivity contribution in [2.24, 2.45) is 4.99 Å². The Bertz CT molecular complexity index is 1190. The number of methoxy groups -OCH3 is 4. The fourth-order valence-corrected chi connectivity index (χ4v) is 4.17. The lowest BCUT2D eigenvalue weighted by Crippen LogP contribution is -2.29. The fourth-order valence-electron chi connectivity index (χ4n) is 3.55. The lowest BCUT2D eigenvalue weighted by molar-refractivity contribution is -0.139. The highest BCUT2D eigenvalue weighted by Crippen LogP contribution is 2.39. The van der Waals surface area contributed by atoms with Gasteiger partial charge in [0.15, 0.2) is 11.5 Å². The smallest absolute Gasteiger partial charge is 0.319 e. The van der Waals surface area contributed by atoms with Crippen LogP contribution >= 0.6 is 27.5 Å². The van der Waals surface area contributed by atoms with Crippen molar-refractivity contribution < 1.29 is 23.7 Å². The predicted octanol–water partition coefficient (Wildman–Crippen LogP) is 5.73. The number of esters is 1. The minimum Gasteiger partial charge on any atom is -0.493 e. The third-order valence-corrected chi connectivity index (χ3v) is 6.07. The van der Waals surface area contributed by atoms with Crippen molar-refractivity contribution in [2.75, 3.05) is 35.0 Å². The van der Waals surface area contributed by atoms with Crippen molar-refractivity contribution in [2.45, 2.75) is 6.04 Å². The van der Waals surface area contributed by atoms with Gasteiger partial charge >= 0.3 is 5.97 Å². The third kappa shape index (κ3) is 6.54. The largest absolute Gasteiger partial charge is 0.493 e. The Morgan fingerprint density at radius 2 is 1.69 bits per heavy atom. The molecule has 3 rings (SSSR count). The molecule has 3 aromatic rings. The Balaban J connectivity index is 2.07. The van der Waals surface area contributed by atoms with Gasteiger partial charge in [-0.3, -0.25) is 15.1 Å². The number of hydrogen-bond donors (Lipinski definition) is 1. The normalized spacial score (nSPS) is 11.8. The van der Waals surface area contributed by atoms with Crippen LogP contribution in [0.2, 0.25) is 5.02 Å². The van der Waals surface area contributed by atoms with Gasteiger partial charge in [0.2, 0.25) is 5.75 Å². The van der Waals surface area contributed by atoms with Crippen molar-refractivity contribution in [3.8, 4) is 17.2 Å². The molecular formula is C26H26BrClN2O5. The van der Waals surface area contributed by atoms with Gasteiger partial charge in [0.05, 0.1) is 46.7 Å². The van der Waals surface area contributed by atoms with Gasteiger partial charge in [-0.2, -0.15) is 0 Å². The van der Waals surface area contributed by atoms with Gasteiger partial charge in [-0.25, -0.2) is 0 Å². The number of aliphatic imine (C=N–C) groups is 1. The van der Waals surface area contributed by atoms with E-state index in [9.17, 15) is 4.79 Å². The molecule has 1 atom stereocenters. The Morgan fingerprint density at radius 3 is 2.29 bits per heavy atom. The third-order valence-electron chi connectivity index (χ3n) is 5.23. The molecule has 0 fully saturated rings. The molecule has 0 unspecified atom stereocenters. The molecule has 3 aromatic carbocycles. The first-order chi connectivity index (χ1) is 16.9. The lowest BCUT2D eigenvalue weighted by atomic mass is 9.97. The van der Waals surface area contributed by atoms with Gasteiger partial charge in [0.1, 0.15) is 0 Å². The van der Waals surface area contributed by atoms with Crippen LogP contribution in [0.3, 0.4) is 0 Å². The summed E-state index contributed by atoms with van der Waals surface area (Å²) in [7, 11) is 6.03. The fraction of sp³-hybridized carbons (Fsp3) is 0.231. The maximum Gasteiger partial charge on any atom is 0.319 e. The molecule has 0 heterocycles. The first-order valence-electron chi connectivity index (χ1n) is 10.6. The van der Waals surface area contributed by atoms with E-state index >= 15 is 0 Å². The first-order valence-corrected chi connectivity index (χ1v) is 11.8. The molecule has 0 saturated carbocycles. The molecule has 0 aromatic heterocycles.